The highest BCUT2D eigenvalue weighted by molar-refractivity contribution is 5.81. The molecule has 1 amide bonds. The minimum atomic E-state index is -4.62. The van der Waals surface area contributed by atoms with Gasteiger partial charge in [0, 0.05) is 25.0 Å². The molecule has 0 aromatic carbocycles. The highest BCUT2D eigenvalue weighted by atomic mass is 19.4. The number of amides is 1. The van der Waals surface area contributed by atoms with Gasteiger partial charge in [-0.3, -0.25) is 4.79 Å². The van der Waals surface area contributed by atoms with E-state index >= 15 is 0 Å². The summed E-state index contributed by atoms with van der Waals surface area (Å²) in [6, 6.07) is 3.13. The number of alkyl halides is 3. The molecule has 1 N–H and O–H groups in total. The molecule has 1 atom stereocenters. The number of nitrogens with zero attached hydrogens (tertiary/aromatic N) is 5. The summed E-state index contributed by atoms with van der Waals surface area (Å²) < 4.78 is 39.9. The van der Waals surface area contributed by atoms with Gasteiger partial charge in [0.15, 0.2) is 5.65 Å². The summed E-state index contributed by atoms with van der Waals surface area (Å²) in [5.41, 5.74) is -0.402. The van der Waals surface area contributed by atoms with Crippen LogP contribution in [0.1, 0.15) is 39.4 Å². The standard InChI is InChI=1S/C17H23F3N6O/c1-16(2,3)15(27)21-9-11-5-4-8-25(10-11)13-7-6-12-22-23-14(17(18,19)20)26(12)24-13/h6-7,11H,4-5,8-10H2,1-3H3,(H,21,27). The summed E-state index contributed by atoms with van der Waals surface area (Å²) in [6.07, 6.45) is -2.79. The third-order valence-electron chi connectivity index (χ3n) is 4.58. The minimum absolute atomic E-state index is 0.0153. The first-order valence-corrected chi connectivity index (χ1v) is 8.88. The quantitative estimate of drug-likeness (QED) is 0.880. The Balaban J connectivity index is 1.73. The number of piperidine rings is 1. The van der Waals surface area contributed by atoms with Crippen LogP contribution in [0.25, 0.3) is 5.65 Å². The lowest BCUT2D eigenvalue weighted by atomic mass is 9.94. The lowest BCUT2D eigenvalue weighted by Gasteiger charge is -2.34. The second-order valence-electron chi connectivity index (χ2n) is 7.90. The van der Waals surface area contributed by atoms with E-state index in [-0.39, 0.29) is 17.5 Å². The number of rotatable bonds is 3. The average Bonchev–Trinajstić information content (AvgIpc) is 3.02. The number of nitrogens with one attached hydrogen (secondary N) is 1. The molecule has 3 heterocycles. The molecule has 0 bridgehead atoms. The number of carbonyl (C=O) groups is 1. The van der Waals surface area contributed by atoms with E-state index in [1.807, 2.05) is 25.7 Å². The predicted octanol–water partition coefficient (Wildman–Crippen LogP) is 2.52. The fourth-order valence-electron chi connectivity index (χ4n) is 3.07. The lowest BCUT2D eigenvalue weighted by Crippen LogP contribution is -2.43. The highest BCUT2D eigenvalue weighted by Gasteiger charge is 2.38. The Kier molecular flexibility index (Phi) is 5.00. The van der Waals surface area contributed by atoms with Crippen LogP contribution in [-0.4, -0.2) is 45.4 Å². The monoisotopic (exact) mass is 384 g/mol. The topological polar surface area (TPSA) is 75.4 Å². The van der Waals surface area contributed by atoms with E-state index in [4.69, 9.17) is 0 Å². The molecule has 2 aromatic heterocycles. The Bertz CT molecular complexity index is 826. The maximum absolute atomic E-state index is 13.0. The first-order valence-electron chi connectivity index (χ1n) is 8.88. The van der Waals surface area contributed by atoms with Crippen LogP contribution in [0.5, 0.6) is 0 Å². The molecule has 27 heavy (non-hydrogen) atoms. The zero-order valence-corrected chi connectivity index (χ0v) is 15.5. The number of hydrogen-bond donors (Lipinski definition) is 1. The molecule has 1 aliphatic heterocycles. The summed E-state index contributed by atoms with van der Waals surface area (Å²) >= 11 is 0. The molecule has 2 aromatic rings. The molecule has 7 nitrogen and oxygen atoms in total. The summed E-state index contributed by atoms with van der Waals surface area (Å²) in [4.78, 5) is 14.0. The SMILES string of the molecule is CC(C)(C)C(=O)NCC1CCCN(c2ccc3nnc(C(F)(F)F)n3n2)C1. The molecule has 0 aliphatic carbocycles. The fourth-order valence-corrected chi connectivity index (χ4v) is 3.07. The van der Waals surface area contributed by atoms with Gasteiger partial charge in [0.1, 0.15) is 5.82 Å². The zero-order chi connectivity index (χ0) is 19.8. The summed E-state index contributed by atoms with van der Waals surface area (Å²) in [6.45, 7) is 7.41. The van der Waals surface area contributed by atoms with Crippen molar-refractivity contribution in [1.29, 1.82) is 0 Å². The van der Waals surface area contributed by atoms with Crippen LogP contribution >= 0.6 is 0 Å². The molecule has 10 heteroatoms. The van der Waals surface area contributed by atoms with Crippen LogP contribution in [0, 0.1) is 11.3 Å². The van der Waals surface area contributed by atoms with Crippen LogP contribution < -0.4 is 10.2 Å². The normalized spacial score (nSPS) is 18.7. The highest BCUT2D eigenvalue weighted by Crippen LogP contribution is 2.28. The lowest BCUT2D eigenvalue weighted by molar-refractivity contribution is -0.146. The molecule has 3 rings (SSSR count). The van der Waals surface area contributed by atoms with Gasteiger partial charge in [-0.2, -0.15) is 17.7 Å². The van der Waals surface area contributed by atoms with E-state index in [1.165, 1.54) is 6.07 Å². The van der Waals surface area contributed by atoms with Crippen LogP contribution in [0.4, 0.5) is 19.0 Å². The third kappa shape index (κ3) is 4.30. The van der Waals surface area contributed by atoms with Crippen LogP contribution in [0.15, 0.2) is 12.1 Å². The van der Waals surface area contributed by atoms with Gasteiger partial charge >= 0.3 is 6.18 Å². The van der Waals surface area contributed by atoms with Crippen molar-refractivity contribution in [1.82, 2.24) is 25.1 Å². The van der Waals surface area contributed by atoms with Crippen molar-refractivity contribution >= 4 is 17.4 Å². The van der Waals surface area contributed by atoms with Gasteiger partial charge in [-0.15, -0.1) is 15.3 Å². The molecule has 1 saturated heterocycles. The van der Waals surface area contributed by atoms with Gasteiger partial charge < -0.3 is 10.2 Å². The molecule has 148 valence electrons. The van der Waals surface area contributed by atoms with Gasteiger partial charge in [0.05, 0.1) is 0 Å². The van der Waals surface area contributed by atoms with Crippen LogP contribution in [-0.2, 0) is 11.0 Å². The number of fused-ring (bicyclic) bond motifs is 1. The number of carbonyl (C=O) groups excluding carboxylic acids is 1. The van der Waals surface area contributed by atoms with E-state index in [0.29, 0.717) is 25.5 Å². The molecule has 0 saturated carbocycles. The van der Waals surface area contributed by atoms with Crippen molar-refractivity contribution in [2.24, 2.45) is 11.3 Å². The van der Waals surface area contributed by atoms with E-state index in [9.17, 15) is 18.0 Å². The Hall–Kier alpha value is -2.39. The molecular weight excluding hydrogens is 361 g/mol. The second-order valence-corrected chi connectivity index (χ2v) is 7.90. The van der Waals surface area contributed by atoms with Crippen LogP contribution in [0.2, 0.25) is 0 Å². The Morgan fingerprint density at radius 1 is 1.26 bits per heavy atom. The van der Waals surface area contributed by atoms with Crippen molar-refractivity contribution in [2.75, 3.05) is 24.5 Å². The molecule has 1 aliphatic rings. The number of hydrogen-bond acceptors (Lipinski definition) is 5. The first-order chi connectivity index (χ1) is 12.6. The molecule has 1 unspecified atom stereocenters. The van der Waals surface area contributed by atoms with Gasteiger partial charge in [-0.1, -0.05) is 20.8 Å². The molecular formula is C17H23F3N6O. The molecule has 1 fully saturated rings. The summed E-state index contributed by atoms with van der Waals surface area (Å²) in [7, 11) is 0. The second kappa shape index (κ2) is 6.97. The van der Waals surface area contributed by atoms with Crippen molar-refractivity contribution in [3.8, 4) is 0 Å². The van der Waals surface area contributed by atoms with Gasteiger partial charge in [0.25, 0.3) is 5.82 Å². The number of aromatic nitrogens is 4. The maximum atomic E-state index is 13.0. The molecule has 0 spiro atoms. The summed E-state index contributed by atoms with van der Waals surface area (Å²) in [5.74, 6) is -0.492. The Morgan fingerprint density at radius 2 is 2.00 bits per heavy atom. The predicted molar refractivity (Wildman–Crippen MR) is 93.2 cm³/mol. The minimum Gasteiger partial charge on any atom is -0.355 e. The molecule has 0 radical (unpaired) electrons. The van der Waals surface area contributed by atoms with E-state index < -0.39 is 17.4 Å². The Morgan fingerprint density at radius 3 is 2.67 bits per heavy atom. The number of halogens is 3. The van der Waals surface area contributed by atoms with E-state index in [2.05, 4.69) is 20.6 Å². The van der Waals surface area contributed by atoms with Gasteiger partial charge in [-0.05, 0) is 30.9 Å². The van der Waals surface area contributed by atoms with Gasteiger partial charge in [-0.25, -0.2) is 0 Å². The largest absolute Gasteiger partial charge is 0.453 e. The third-order valence-corrected chi connectivity index (χ3v) is 4.58. The van der Waals surface area contributed by atoms with E-state index in [1.54, 1.807) is 6.07 Å². The van der Waals surface area contributed by atoms with E-state index in [0.717, 1.165) is 17.4 Å². The first kappa shape index (κ1) is 19.4. The smallest absolute Gasteiger partial charge is 0.355 e. The van der Waals surface area contributed by atoms with Crippen molar-refractivity contribution in [3.05, 3.63) is 18.0 Å². The Labute approximate surface area is 154 Å². The van der Waals surface area contributed by atoms with Crippen molar-refractivity contribution < 1.29 is 18.0 Å². The van der Waals surface area contributed by atoms with Gasteiger partial charge in [0.2, 0.25) is 5.91 Å². The number of anilines is 1. The zero-order valence-electron chi connectivity index (χ0n) is 15.5. The average molecular weight is 384 g/mol. The van der Waals surface area contributed by atoms with Crippen molar-refractivity contribution in [2.45, 2.75) is 39.8 Å². The maximum Gasteiger partial charge on any atom is 0.453 e. The van der Waals surface area contributed by atoms with Crippen molar-refractivity contribution in [3.63, 3.8) is 0 Å². The fraction of sp³-hybridized carbons (Fsp3) is 0.647. The summed E-state index contributed by atoms with van der Waals surface area (Å²) in [5, 5.41) is 13.8. The van der Waals surface area contributed by atoms with Crippen LogP contribution in [0.3, 0.4) is 0 Å².